The zero-order chi connectivity index (χ0) is 13.5. The van der Waals surface area contributed by atoms with Gasteiger partial charge in [-0.2, -0.15) is 0 Å². The molecule has 6 heteroatoms. The monoisotopic (exact) mass is 253 g/mol. The van der Waals surface area contributed by atoms with E-state index in [2.05, 4.69) is 10.2 Å². The highest BCUT2D eigenvalue weighted by Crippen LogP contribution is 2.27. The molecular formula is C12H19N3O3. The summed E-state index contributed by atoms with van der Waals surface area (Å²) in [6.07, 6.45) is 0. The molecule has 0 aliphatic heterocycles. The summed E-state index contributed by atoms with van der Waals surface area (Å²) in [6, 6.07) is 5.00. The van der Waals surface area contributed by atoms with Crippen molar-refractivity contribution in [3.63, 3.8) is 0 Å². The van der Waals surface area contributed by atoms with Gasteiger partial charge in [0.25, 0.3) is 0 Å². The van der Waals surface area contributed by atoms with Crippen LogP contribution in [-0.4, -0.2) is 44.1 Å². The fraction of sp³-hybridized carbons (Fsp3) is 0.500. The fourth-order valence-electron chi connectivity index (χ4n) is 1.52. The molecule has 18 heavy (non-hydrogen) atoms. The lowest BCUT2D eigenvalue weighted by Crippen LogP contribution is -2.26. The third kappa shape index (κ3) is 4.31. The number of hydrogen-bond donors (Lipinski definition) is 1. The molecule has 0 bridgehead atoms. The van der Waals surface area contributed by atoms with E-state index in [1.165, 1.54) is 7.11 Å². The van der Waals surface area contributed by atoms with Crippen molar-refractivity contribution in [2.45, 2.75) is 6.54 Å². The first kappa shape index (κ1) is 14.4. The Morgan fingerprint density at radius 3 is 2.72 bits per heavy atom. The van der Waals surface area contributed by atoms with Crippen molar-refractivity contribution in [1.82, 2.24) is 10.2 Å². The number of nitrogens with zero attached hydrogens (tertiary/aromatic N) is 2. The number of nitro benzene ring substituents is 1. The number of likely N-dealkylation sites (N-methyl/N-ethyl adjacent to an activating group) is 1. The maximum Gasteiger partial charge on any atom is 0.311 e. The molecule has 100 valence electrons. The Bertz CT molecular complexity index is 408. The van der Waals surface area contributed by atoms with E-state index in [4.69, 9.17) is 4.74 Å². The van der Waals surface area contributed by atoms with Crippen molar-refractivity contribution in [1.29, 1.82) is 0 Å². The molecule has 1 rings (SSSR count). The van der Waals surface area contributed by atoms with E-state index in [1.807, 2.05) is 20.2 Å². The number of nitrogens with one attached hydrogen (secondary N) is 1. The first-order valence-electron chi connectivity index (χ1n) is 5.71. The molecule has 0 unspecified atom stereocenters. The second-order valence-electron chi connectivity index (χ2n) is 4.24. The third-order valence-electron chi connectivity index (χ3n) is 2.50. The van der Waals surface area contributed by atoms with Crippen LogP contribution in [0.25, 0.3) is 0 Å². The van der Waals surface area contributed by atoms with Crippen molar-refractivity contribution in [2.24, 2.45) is 0 Å². The van der Waals surface area contributed by atoms with Gasteiger partial charge in [-0.1, -0.05) is 6.07 Å². The van der Waals surface area contributed by atoms with Crippen molar-refractivity contribution in [3.8, 4) is 5.75 Å². The average molecular weight is 253 g/mol. The summed E-state index contributed by atoms with van der Waals surface area (Å²) in [7, 11) is 5.43. The lowest BCUT2D eigenvalue weighted by atomic mass is 10.2. The van der Waals surface area contributed by atoms with E-state index >= 15 is 0 Å². The van der Waals surface area contributed by atoms with Crippen molar-refractivity contribution in [3.05, 3.63) is 33.9 Å². The van der Waals surface area contributed by atoms with Gasteiger partial charge < -0.3 is 15.0 Å². The van der Waals surface area contributed by atoms with Gasteiger partial charge in [-0.05, 0) is 25.7 Å². The predicted octanol–water partition coefficient (Wildman–Crippen LogP) is 1.25. The molecule has 0 amide bonds. The molecule has 1 aromatic rings. The minimum absolute atomic E-state index is 0.00408. The Morgan fingerprint density at radius 2 is 2.17 bits per heavy atom. The van der Waals surface area contributed by atoms with Crippen molar-refractivity contribution in [2.75, 3.05) is 34.3 Å². The lowest BCUT2D eigenvalue weighted by Gasteiger charge is -2.10. The molecule has 0 saturated carbocycles. The summed E-state index contributed by atoms with van der Waals surface area (Å²) in [4.78, 5) is 12.5. The van der Waals surface area contributed by atoms with Crippen LogP contribution in [0.5, 0.6) is 5.75 Å². The molecule has 0 radical (unpaired) electrons. The number of hydrogen-bond acceptors (Lipinski definition) is 5. The Kier molecular flexibility index (Phi) is 5.54. The molecule has 0 heterocycles. The zero-order valence-corrected chi connectivity index (χ0v) is 11.0. The number of ether oxygens (including phenoxy) is 1. The summed E-state index contributed by atoms with van der Waals surface area (Å²) < 4.78 is 4.95. The molecule has 0 aromatic heterocycles. The van der Waals surface area contributed by atoms with Crippen molar-refractivity contribution >= 4 is 5.69 Å². The second-order valence-corrected chi connectivity index (χ2v) is 4.24. The molecule has 0 aliphatic carbocycles. The van der Waals surface area contributed by atoms with Crippen LogP contribution < -0.4 is 10.1 Å². The average Bonchev–Trinajstić information content (AvgIpc) is 2.34. The quantitative estimate of drug-likeness (QED) is 0.450. The number of nitro groups is 1. The summed E-state index contributed by atoms with van der Waals surface area (Å²) >= 11 is 0. The van der Waals surface area contributed by atoms with Crippen LogP contribution in [0.4, 0.5) is 5.69 Å². The summed E-state index contributed by atoms with van der Waals surface area (Å²) in [5, 5.41) is 14.1. The Balaban J connectivity index is 2.62. The topological polar surface area (TPSA) is 67.6 Å². The number of rotatable bonds is 7. The summed E-state index contributed by atoms with van der Waals surface area (Å²) in [5.41, 5.74) is 0.880. The first-order valence-corrected chi connectivity index (χ1v) is 5.71. The molecule has 0 spiro atoms. The number of methoxy groups -OCH3 is 1. The van der Waals surface area contributed by atoms with Crippen LogP contribution in [0, 0.1) is 10.1 Å². The molecule has 0 atom stereocenters. The standard InChI is InChI=1S/C12H19N3O3/c1-14(2)7-6-13-9-10-4-5-12(18-3)11(8-10)15(16)17/h4-5,8,13H,6-7,9H2,1-3H3. The first-order chi connectivity index (χ1) is 8.54. The minimum atomic E-state index is -0.428. The van der Waals surface area contributed by atoms with Crippen molar-refractivity contribution < 1.29 is 9.66 Å². The van der Waals surface area contributed by atoms with Gasteiger partial charge in [0.05, 0.1) is 12.0 Å². The highest BCUT2D eigenvalue weighted by molar-refractivity contribution is 5.48. The van der Waals surface area contributed by atoms with Gasteiger partial charge in [0, 0.05) is 25.7 Å². The third-order valence-corrected chi connectivity index (χ3v) is 2.50. The van der Waals surface area contributed by atoms with Crippen LogP contribution in [0.15, 0.2) is 18.2 Å². The summed E-state index contributed by atoms with van der Waals surface area (Å²) in [5.74, 6) is 0.289. The zero-order valence-electron chi connectivity index (χ0n) is 11.0. The Morgan fingerprint density at radius 1 is 1.44 bits per heavy atom. The van der Waals surface area contributed by atoms with Crippen LogP contribution in [0.1, 0.15) is 5.56 Å². The Hall–Kier alpha value is -1.66. The number of benzene rings is 1. The van der Waals surface area contributed by atoms with Crippen LogP contribution in [0.2, 0.25) is 0 Å². The second kappa shape index (κ2) is 6.93. The minimum Gasteiger partial charge on any atom is -0.490 e. The lowest BCUT2D eigenvalue weighted by molar-refractivity contribution is -0.385. The highest BCUT2D eigenvalue weighted by Gasteiger charge is 2.14. The van der Waals surface area contributed by atoms with Gasteiger partial charge in [-0.15, -0.1) is 0 Å². The van der Waals surface area contributed by atoms with Gasteiger partial charge in [-0.3, -0.25) is 10.1 Å². The predicted molar refractivity (Wildman–Crippen MR) is 69.9 cm³/mol. The van der Waals surface area contributed by atoms with E-state index in [-0.39, 0.29) is 11.4 Å². The molecule has 0 fully saturated rings. The van der Waals surface area contributed by atoms with Crippen LogP contribution >= 0.6 is 0 Å². The highest BCUT2D eigenvalue weighted by atomic mass is 16.6. The normalized spacial score (nSPS) is 10.7. The SMILES string of the molecule is COc1ccc(CNCCN(C)C)cc1[N+](=O)[O-]. The summed E-state index contributed by atoms with van der Waals surface area (Å²) in [6.45, 7) is 2.38. The van der Waals surface area contributed by atoms with Gasteiger partial charge in [0.2, 0.25) is 0 Å². The molecule has 1 N–H and O–H groups in total. The fourth-order valence-corrected chi connectivity index (χ4v) is 1.52. The van der Waals surface area contributed by atoms with E-state index < -0.39 is 4.92 Å². The van der Waals surface area contributed by atoms with Gasteiger partial charge in [0.15, 0.2) is 5.75 Å². The molecular weight excluding hydrogens is 234 g/mol. The van der Waals surface area contributed by atoms with Gasteiger partial charge >= 0.3 is 5.69 Å². The Labute approximate surface area is 107 Å². The maximum absolute atomic E-state index is 10.9. The van der Waals surface area contributed by atoms with E-state index in [1.54, 1.807) is 12.1 Å². The molecule has 6 nitrogen and oxygen atoms in total. The van der Waals surface area contributed by atoms with Crippen LogP contribution in [0.3, 0.4) is 0 Å². The van der Waals surface area contributed by atoms with E-state index in [0.29, 0.717) is 6.54 Å². The largest absolute Gasteiger partial charge is 0.490 e. The maximum atomic E-state index is 10.9. The van der Waals surface area contributed by atoms with E-state index in [0.717, 1.165) is 18.7 Å². The van der Waals surface area contributed by atoms with Crippen LogP contribution in [-0.2, 0) is 6.54 Å². The molecule has 0 aliphatic rings. The van der Waals surface area contributed by atoms with E-state index in [9.17, 15) is 10.1 Å². The molecule has 0 saturated heterocycles. The molecule has 1 aromatic carbocycles. The van der Waals surface area contributed by atoms with Gasteiger partial charge in [0.1, 0.15) is 0 Å². The van der Waals surface area contributed by atoms with Gasteiger partial charge in [-0.25, -0.2) is 0 Å². The smallest absolute Gasteiger partial charge is 0.311 e.